The molecule has 0 radical (unpaired) electrons. The molecular weight excluding hydrogens is 370 g/mol. The topological polar surface area (TPSA) is 74.6 Å². The average Bonchev–Trinajstić information content (AvgIpc) is 3.32. The Balaban J connectivity index is 1.33. The second-order valence-electron chi connectivity index (χ2n) is 7.45. The summed E-state index contributed by atoms with van der Waals surface area (Å²) >= 11 is 0. The molecule has 0 bridgehead atoms. The number of amides is 1. The summed E-state index contributed by atoms with van der Waals surface area (Å²) in [4.78, 5) is 12.7. The van der Waals surface area contributed by atoms with Gasteiger partial charge in [0.2, 0.25) is 6.79 Å². The summed E-state index contributed by atoms with van der Waals surface area (Å²) in [5.74, 6) is 1.25. The molecule has 0 fully saturated rings. The van der Waals surface area contributed by atoms with E-state index in [9.17, 15) is 4.79 Å². The van der Waals surface area contributed by atoms with Crippen molar-refractivity contribution in [1.29, 1.82) is 0 Å². The van der Waals surface area contributed by atoms with Crippen molar-refractivity contribution in [3.63, 3.8) is 0 Å². The summed E-state index contributed by atoms with van der Waals surface area (Å²) in [5.41, 5.74) is 5.24. The molecule has 1 N–H and O–H groups in total. The Hall–Kier alpha value is -3.32. The number of hydrogen-bond acceptors (Lipinski definition) is 5. The number of rotatable bonds is 3. The number of aromatic nitrogens is 2. The van der Waals surface area contributed by atoms with Crippen LogP contribution in [0.15, 0.2) is 42.5 Å². The number of nitrogens with one attached hydrogen (secondary N) is 1. The molecule has 1 amide bonds. The molecule has 5 rings (SSSR count). The van der Waals surface area contributed by atoms with E-state index in [4.69, 9.17) is 14.2 Å². The zero-order valence-electron chi connectivity index (χ0n) is 16.3. The molecule has 0 saturated heterocycles. The zero-order valence-corrected chi connectivity index (χ0v) is 16.3. The van der Waals surface area contributed by atoms with E-state index in [1.807, 2.05) is 48.9 Å². The molecule has 2 aliphatic rings. The van der Waals surface area contributed by atoms with Gasteiger partial charge in [-0.05, 0) is 60.9 Å². The van der Waals surface area contributed by atoms with Crippen LogP contribution in [-0.2, 0) is 17.9 Å². The summed E-state index contributed by atoms with van der Waals surface area (Å²) in [6, 6.07) is 13.5. The number of fused-ring (bicyclic) bond motifs is 2. The molecule has 3 aromatic rings. The SMILES string of the molecule is Cc1cc(C)cc(NC(=O)c2cc3n(n2)CC(c2ccc4c(c2)OCO4)OC3)c1. The molecule has 2 aromatic carbocycles. The van der Waals surface area contributed by atoms with Crippen LogP contribution in [0.3, 0.4) is 0 Å². The lowest BCUT2D eigenvalue weighted by molar-refractivity contribution is -0.00127. The molecule has 2 aliphatic heterocycles. The third-order valence-corrected chi connectivity index (χ3v) is 5.12. The number of carbonyl (C=O) groups is 1. The highest BCUT2D eigenvalue weighted by Gasteiger charge is 2.26. The number of anilines is 1. The predicted octanol–water partition coefficient (Wildman–Crippen LogP) is 3.75. The molecule has 148 valence electrons. The highest BCUT2D eigenvalue weighted by Crippen LogP contribution is 2.36. The minimum absolute atomic E-state index is 0.160. The summed E-state index contributed by atoms with van der Waals surface area (Å²) < 4.78 is 18.7. The van der Waals surface area contributed by atoms with E-state index in [0.717, 1.165) is 39.6 Å². The van der Waals surface area contributed by atoms with Crippen molar-refractivity contribution in [2.24, 2.45) is 0 Å². The van der Waals surface area contributed by atoms with Crippen LogP contribution in [0.5, 0.6) is 11.5 Å². The normalized spacial score (nSPS) is 17.1. The quantitative estimate of drug-likeness (QED) is 0.736. The fraction of sp³-hybridized carbons (Fsp3) is 0.273. The third kappa shape index (κ3) is 3.45. The highest BCUT2D eigenvalue weighted by atomic mass is 16.7. The van der Waals surface area contributed by atoms with E-state index < -0.39 is 0 Å². The van der Waals surface area contributed by atoms with Gasteiger partial charge in [-0.1, -0.05) is 12.1 Å². The Morgan fingerprint density at radius 3 is 2.69 bits per heavy atom. The van der Waals surface area contributed by atoms with Gasteiger partial charge in [-0.2, -0.15) is 5.10 Å². The van der Waals surface area contributed by atoms with Crippen LogP contribution in [-0.4, -0.2) is 22.5 Å². The first-order valence-corrected chi connectivity index (χ1v) is 9.53. The van der Waals surface area contributed by atoms with Gasteiger partial charge in [0.05, 0.1) is 18.8 Å². The molecule has 1 atom stereocenters. The van der Waals surface area contributed by atoms with E-state index in [2.05, 4.69) is 16.5 Å². The summed E-state index contributed by atoms with van der Waals surface area (Å²) in [5, 5.41) is 7.44. The van der Waals surface area contributed by atoms with Crippen LogP contribution in [0.25, 0.3) is 0 Å². The van der Waals surface area contributed by atoms with Crippen LogP contribution >= 0.6 is 0 Å². The van der Waals surface area contributed by atoms with Gasteiger partial charge in [0.25, 0.3) is 5.91 Å². The first-order valence-electron chi connectivity index (χ1n) is 9.53. The van der Waals surface area contributed by atoms with Crippen molar-refractivity contribution < 1.29 is 19.0 Å². The molecule has 0 spiro atoms. The molecule has 29 heavy (non-hydrogen) atoms. The summed E-state index contributed by atoms with van der Waals surface area (Å²) in [7, 11) is 0. The molecular formula is C22H21N3O4. The number of hydrogen-bond donors (Lipinski definition) is 1. The third-order valence-electron chi connectivity index (χ3n) is 5.12. The van der Waals surface area contributed by atoms with Crippen LogP contribution in [0.1, 0.15) is 39.0 Å². The van der Waals surface area contributed by atoms with Gasteiger partial charge in [-0.15, -0.1) is 0 Å². The Labute approximate surface area is 168 Å². The first kappa shape index (κ1) is 17.8. The van der Waals surface area contributed by atoms with Crippen molar-refractivity contribution in [3.8, 4) is 11.5 Å². The average molecular weight is 391 g/mol. The molecule has 7 heteroatoms. The Bertz CT molecular complexity index is 1090. The van der Waals surface area contributed by atoms with Crippen LogP contribution in [0.2, 0.25) is 0 Å². The lowest BCUT2D eigenvalue weighted by atomic mass is 10.1. The van der Waals surface area contributed by atoms with E-state index in [1.165, 1.54) is 0 Å². The Morgan fingerprint density at radius 1 is 1.07 bits per heavy atom. The minimum Gasteiger partial charge on any atom is -0.454 e. The maximum Gasteiger partial charge on any atom is 0.276 e. The van der Waals surface area contributed by atoms with Gasteiger partial charge < -0.3 is 19.5 Å². The van der Waals surface area contributed by atoms with Gasteiger partial charge in [-0.3, -0.25) is 9.48 Å². The second-order valence-corrected chi connectivity index (χ2v) is 7.45. The van der Waals surface area contributed by atoms with Crippen molar-refractivity contribution in [1.82, 2.24) is 9.78 Å². The van der Waals surface area contributed by atoms with Gasteiger partial charge >= 0.3 is 0 Å². The molecule has 1 unspecified atom stereocenters. The standard InChI is InChI=1S/C22H21N3O4/c1-13-5-14(2)7-16(6-13)23-22(26)18-9-17-11-27-21(10-25(17)24-18)15-3-4-19-20(8-15)29-12-28-19/h3-9,21H,10-12H2,1-2H3,(H,23,26). The first-order chi connectivity index (χ1) is 14.0. The van der Waals surface area contributed by atoms with E-state index in [-0.39, 0.29) is 18.8 Å². The van der Waals surface area contributed by atoms with Crippen LogP contribution in [0.4, 0.5) is 5.69 Å². The van der Waals surface area contributed by atoms with Gasteiger partial charge in [0.15, 0.2) is 17.2 Å². The van der Waals surface area contributed by atoms with Gasteiger partial charge in [-0.25, -0.2) is 0 Å². The molecule has 3 heterocycles. The lowest BCUT2D eigenvalue weighted by Crippen LogP contribution is -2.22. The monoisotopic (exact) mass is 391 g/mol. The van der Waals surface area contributed by atoms with Crippen molar-refractivity contribution in [3.05, 3.63) is 70.5 Å². The van der Waals surface area contributed by atoms with Gasteiger partial charge in [0, 0.05) is 5.69 Å². The lowest BCUT2D eigenvalue weighted by Gasteiger charge is -2.24. The summed E-state index contributed by atoms with van der Waals surface area (Å²) in [6.07, 6.45) is -0.160. The minimum atomic E-state index is -0.225. The van der Waals surface area contributed by atoms with Crippen LogP contribution in [0, 0.1) is 13.8 Å². The smallest absolute Gasteiger partial charge is 0.276 e. The highest BCUT2D eigenvalue weighted by molar-refractivity contribution is 6.03. The molecule has 0 aliphatic carbocycles. The zero-order chi connectivity index (χ0) is 20.0. The van der Waals surface area contributed by atoms with Gasteiger partial charge in [0.1, 0.15) is 6.10 Å². The fourth-order valence-corrected chi connectivity index (χ4v) is 3.79. The number of nitrogens with zero attached hydrogens (tertiary/aromatic N) is 2. The Kier molecular flexibility index (Phi) is 4.24. The second kappa shape index (κ2) is 6.93. The fourth-order valence-electron chi connectivity index (χ4n) is 3.79. The number of aryl methyl sites for hydroxylation is 2. The van der Waals surface area contributed by atoms with Crippen LogP contribution < -0.4 is 14.8 Å². The molecule has 7 nitrogen and oxygen atoms in total. The van der Waals surface area contributed by atoms with E-state index in [1.54, 1.807) is 6.07 Å². The number of benzene rings is 2. The molecule has 0 saturated carbocycles. The van der Waals surface area contributed by atoms with E-state index in [0.29, 0.717) is 18.8 Å². The number of carbonyl (C=O) groups excluding carboxylic acids is 1. The van der Waals surface area contributed by atoms with Crippen molar-refractivity contribution in [2.75, 3.05) is 12.1 Å². The molecule has 1 aromatic heterocycles. The number of ether oxygens (including phenoxy) is 3. The summed E-state index contributed by atoms with van der Waals surface area (Å²) in [6.45, 7) is 5.18. The maximum atomic E-state index is 12.7. The van der Waals surface area contributed by atoms with Crippen molar-refractivity contribution in [2.45, 2.75) is 33.1 Å². The largest absolute Gasteiger partial charge is 0.454 e. The van der Waals surface area contributed by atoms with E-state index >= 15 is 0 Å². The van der Waals surface area contributed by atoms with Crippen molar-refractivity contribution >= 4 is 11.6 Å². The predicted molar refractivity (Wildman–Crippen MR) is 106 cm³/mol. The Morgan fingerprint density at radius 2 is 1.86 bits per heavy atom. The maximum absolute atomic E-state index is 12.7.